The number of hydrogen-bond acceptors (Lipinski definition) is 2. The molecule has 64 valence electrons. The Hall–Kier alpha value is -1.48. The van der Waals surface area contributed by atoms with Gasteiger partial charge in [0.2, 0.25) is 11.5 Å². The molecule has 2 nitrogen and oxygen atoms in total. The van der Waals surface area contributed by atoms with E-state index < -0.39 is 0 Å². The molecular formula is C10H7NOS. The zero-order valence-corrected chi connectivity index (χ0v) is 7.62. The van der Waals surface area contributed by atoms with Gasteiger partial charge in [0.05, 0.1) is 5.69 Å². The third-order valence-corrected chi connectivity index (χ3v) is 2.17. The average Bonchev–Trinajstić information content (AvgIpc) is 2.19. The lowest BCUT2D eigenvalue weighted by atomic mass is 10.1. The van der Waals surface area contributed by atoms with Crippen molar-refractivity contribution in [3.63, 3.8) is 0 Å². The van der Waals surface area contributed by atoms with E-state index in [4.69, 9.17) is 0 Å². The predicted octanol–water partition coefficient (Wildman–Crippen LogP) is 2.87. The van der Waals surface area contributed by atoms with Gasteiger partial charge in [-0.3, -0.25) is 0 Å². The van der Waals surface area contributed by atoms with Crippen molar-refractivity contribution in [3.8, 4) is 0 Å². The summed E-state index contributed by atoms with van der Waals surface area (Å²) in [7, 11) is 0. The number of fused-ring (bicyclic) bond motifs is 1. The van der Waals surface area contributed by atoms with Crippen LogP contribution in [0, 0.1) is 0 Å². The Labute approximate surface area is 79.5 Å². The molecule has 13 heavy (non-hydrogen) atoms. The maximum atomic E-state index is 10.3. The van der Waals surface area contributed by atoms with Crippen LogP contribution in [0.2, 0.25) is 0 Å². The van der Waals surface area contributed by atoms with Gasteiger partial charge < -0.3 is 0 Å². The zero-order valence-electron chi connectivity index (χ0n) is 6.81. The number of rotatable bonds is 1. The van der Waals surface area contributed by atoms with Crippen molar-refractivity contribution in [2.24, 2.45) is 4.36 Å². The van der Waals surface area contributed by atoms with Crippen molar-refractivity contribution in [1.82, 2.24) is 0 Å². The van der Waals surface area contributed by atoms with E-state index in [1.807, 2.05) is 42.5 Å². The molecule has 0 aliphatic heterocycles. The second-order valence-corrected chi connectivity index (χ2v) is 3.00. The summed E-state index contributed by atoms with van der Waals surface area (Å²) in [5.74, 6) is 0. The van der Waals surface area contributed by atoms with Crippen LogP contribution in [0.15, 0.2) is 46.8 Å². The van der Waals surface area contributed by atoms with E-state index in [-0.39, 0.29) is 11.5 Å². The maximum Gasteiger partial charge on any atom is 0.205 e. The molecule has 0 fully saturated rings. The molecule has 0 aliphatic carbocycles. The van der Waals surface area contributed by atoms with Crippen molar-refractivity contribution in [3.05, 3.63) is 42.5 Å². The van der Waals surface area contributed by atoms with Crippen LogP contribution in [0.3, 0.4) is 0 Å². The quantitative estimate of drug-likeness (QED) is 0.678. The zero-order chi connectivity index (χ0) is 9.10. The van der Waals surface area contributed by atoms with Gasteiger partial charge in [0.25, 0.3) is 0 Å². The summed E-state index contributed by atoms with van der Waals surface area (Å²) < 4.78 is 14.1. The fraction of sp³-hybridized carbons (Fsp3) is 0. The molecule has 0 atom stereocenters. The van der Waals surface area contributed by atoms with Crippen LogP contribution >= 0.6 is 0 Å². The van der Waals surface area contributed by atoms with E-state index in [0.717, 1.165) is 16.5 Å². The highest BCUT2D eigenvalue weighted by Crippen LogP contribution is 2.24. The summed E-state index contributed by atoms with van der Waals surface area (Å²) in [6, 6.07) is 13.6. The Morgan fingerprint density at radius 3 is 2.62 bits per heavy atom. The van der Waals surface area contributed by atoms with Crippen LogP contribution in [0.25, 0.3) is 10.8 Å². The van der Waals surface area contributed by atoms with Crippen molar-refractivity contribution in [1.29, 1.82) is 0 Å². The monoisotopic (exact) mass is 189 g/mol. The first-order valence-electron chi connectivity index (χ1n) is 3.89. The van der Waals surface area contributed by atoms with E-state index in [2.05, 4.69) is 4.36 Å². The Morgan fingerprint density at radius 2 is 1.77 bits per heavy atom. The Bertz CT molecular complexity index is 484. The van der Waals surface area contributed by atoms with E-state index in [0.29, 0.717) is 0 Å². The fourth-order valence-corrected chi connectivity index (χ4v) is 1.57. The summed E-state index contributed by atoms with van der Waals surface area (Å²) >= 11 is 0.245. The minimum absolute atomic E-state index is 0.245. The molecule has 0 saturated carbocycles. The van der Waals surface area contributed by atoms with Crippen molar-refractivity contribution in [2.75, 3.05) is 0 Å². The van der Waals surface area contributed by atoms with Crippen molar-refractivity contribution >= 4 is 27.9 Å². The molecule has 2 aromatic carbocycles. The number of benzene rings is 2. The standard InChI is InChI=1S/C10H7NOS/c12-13-11-10-7-3-5-8-4-1-2-6-9(8)10/h1-7H. The van der Waals surface area contributed by atoms with E-state index in [1.54, 1.807) is 0 Å². The predicted molar refractivity (Wildman–Crippen MR) is 54.2 cm³/mol. The molecule has 0 amide bonds. The molecule has 0 unspecified atom stereocenters. The van der Waals surface area contributed by atoms with Gasteiger partial charge in [-0.25, -0.2) is 0 Å². The lowest BCUT2D eigenvalue weighted by Crippen LogP contribution is -1.71. The largest absolute Gasteiger partial charge is 0.205 e. The number of nitrogens with zero attached hydrogens (tertiary/aromatic N) is 1. The summed E-state index contributed by atoms with van der Waals surface area (Å²) in [5, 5.41) is 2.13. The maximum absolute atomic E-state index is 10.3. The Morgan fingerprint density at radius 1 is 1.00 bits per heavy atom. The molecule has 2 rings (SSSR count). The van der Waals surface area contributed by atoms with E-state index in [1.165, 1.54) is 0 Å². The Kier molecular flexibility index (Phi) is 2.19. The van der Waals surface area contributed by atoms with Gasteiger partial charge in [0.15, 0.2) is 0 Å². The van der Waals surface area contributed by atoms with E-state index in [9.17, 15) is 4.21 Å². The summed E-state index contributed by atoms with van der Waals surface area (Å²) in [6.45, 7) is 0. The first-order valence-corrected chi connectivity index (χ1v) is 4.59. The molecule has 2 aromatic rings. The molecule has 0 aromatic heterocycles. The van der Waals surface area contributed by atoms with Crippen molar-refractivity contribution in [2.45, 2.75) is 0 Å². The van der Waals surface area contributed by atoms with Crippen LogP contribution in [-0.2, 0) is 11.5 Å². The summed E-state index contributed by atoms with van der Waals surface area (Å²) in [5.41, 5.74) is 0.748. The molecular weight excluding hydrogens is 182 g/mol. The third kappa shape index (κ3) is 1.51. The second kappa shape index (κ2) is 3.49. The lowest BCUT2D eigenvalue weighted by molar-refractivity contribution is 0.698. The van der Waals surface area contributed by atoms with Gasteiger partial charge in [0.1, 0.15) is 0 Å². The summed E-state index contributed by atoms with van der Waals surface area (Å²) in [6.07, 6.45) is 0. The minimum Gasteiger partial charge on any atom is -0.191 e. The molecule has 0 N–H and O–H groups in total. The summed E-state index contributed by atoms with van der Waals surface area (Å²) in [4.78, 5) is 0. The van der Waals surface area contributed by atoms with Crippen molar-refractivity contribution < 1.29 is 4.21 Å². The highest BCUT2D eigenvalue weighted by Gasteiger charge is 1.96. The van der Waals surface area contributed by atoms with Crippen LogP contribution in [0.5, 0.6) is 0 Å². The Balaban J connectivity index is 2.82. The molecule has 0 heterocycles. The highest BCUT2D eigenvalue weighted by molar-refractivity contribution is 7.54. The van der Waals surface area contributed by atoms with Gasteiger partial charge in [-0.2, -0.15) is 8.57 Å². The van der Waals surface area contributed by atoms with Gasteiger partial charge in [-0.05, 0) is 11.5 Å². The van der Waals surface area contributed by atoms with Crippen LogP contribution in [0.1, 0.15) is 0 Å². The average molecular weight is 189 g/mol. The van der Waals surface area contributed by atoms with Crippen LogP contribution in [0.4, 0.5) is 5.69 Å². The molecule has 0 radical (unpaired) electrons. The SMILES string of the molecule is O=S=Nc1cccc2ccccc12. The minimum atomic E-state index is 0.245. The third-order valence-electron chi connectivity index (χ3n) is 1.90. The molecule has 3 heteroatoms. The first-order chi connectivity index (χ1) is 6.42. The molecule has 0 spiro atoms. The second-order valence-electron chi connectivity index (χ2n) is 2.66. The van der Waals surface area contributed by atoms with Gasteiger partial charge >= 0.3 is 0 Å². The van der Waals surface area contributed by atoms with Gasteiger partial charge in [-0.15, -0.1) is 0 Å². The number of hydrogen-bond donors (Lipinski definition) is 0. The van der Waals surface area contributed by atoms with E-state index >= 15 is 0 Å². The highest BCUT2D eigenvalue weighted by atomic mass is 32.1. The molecule has 0 bridgehead atoms. The molecule has 0 saturated heterocycles. The van der Waals surface area contributed by atoms with Crippen LogP contribution in [-0.4, -0.2) is 4.21 Å². The van der Waals surface area contributed by atoms with Gasteiger partial charge in [0, 0.05) is 5.39 Å². The topological polar surface area (TPSA) is 29.4 Å². The van der Waals surface area contributed by atoms with Gasteiger partial charge in [-0.1, -0.05) is 36.4 Å². The normalized spacial score (nSPS) is 9.85. The molecule has 0 aliphatic rings. The first kappa shape index (κ1) is 8.13. The smallest absolute Gasteiger partial charge is 0.191 e. The van der Waals surface area contributed by atoms with Crippen LogP contribution < -0.4 is 0 Å². The lowest BCUT2D eigenvalue weighted by Gasteiger charge is -1.98. The fourth-order valence-electron chi connectivity index (χ4n) is 1.33.